The van der Waals surface area contributed by atoms with E-state index in [4.69, 9.17) is 4.74 Å². The molecular weight excluding hydrogens is 359 g/mol. The zero-order valence-electron chi connectivity index (χ0n) is 14.2. The summed E-state index contributed by atoms with van der Waals surface area (Å²) < 4.78 is 18.3. The van der Waals surface area contributed by atoms with Gasteiger partial charge in [-0.3, -0.25) is 14.4 Å². The highest BCUT2D eigenvalue weighted by molar-refractivity contribution is 7.08. The monoisotopic (exact) mass is 378 g/mol. The lowest BCUT2D eigenvalue weighted by Crippen LogP contribution is -2.25. The van der Waals surface area contributed by atoms with E-state index < -0.39 is 24.3 Å². The van der Waals surface area contributed by atoms with E-state index in [-0.39, 0.29) is 12.3 Å². The van der Waals surface area contributed by atoms with E-state index in [1.54, 1.807) is 30.5 Å². The van der Waals surface area contributed by atoms with Gasteiger partial charge in [0.05, 0.1) is 0 Å². The molecule has 0 radical (unpaired) electrons. The van der Waals surface area contributed by atoms with Crippen molar-refractivity contribution < 1.29 is 23.5 Å². The van der Waals surface area contributed by atoms with Gasteiger partial charge in [-0.25, -0.2) is 4.39 Å². The molecule has 1 aromatic heterocycles. The summed E-state index contributed by atoms with van der Waals surface area (Å²) in [5.74, 6) is -1.71. The Morgan fingerprint density at radius 2 is 2.04 bits per heavy atom. The zero-order valence-corrected chi connectivity index (χ0v) is 15.0. The Bertz CT molecular complexity index is 778. The predicted octanol–water partition coefficient (Wildman–Crippen LogP) is 2.89. The van der Waals surface area contributed by atoms with Gasteiger partial charge < -0.3 is 15.4 Å². The third-order valence-corrected chi connectivity index (χ3v) is 4.13. The van der Waals surface area contributed by atoms with Gasteiger partial charge in [0.2, 0.25) is 0 Å². The zero-order chi connectivity index (χ0) is 18.9. The molecular formula is C18H19FN2O4S. The summed E-state index contributed by atoms with van der Waals surface area (Å²) >= 11 is 1.43. The molecule has 26 heavy (non-hydrogen) atoms. The number of carbonyl (C=O) groups is 3. The molecule has 1 aromatic carbocycles. The van der Waals surface area contributed by atoms with Crippen molar-refractivity contribution in [1.82, 2.24) is 5.32 Å². The van der Waals surface area contributed by atoms with Crippen LogP contribution in [0.15, 0.2) is 35.0 Å². The van der Waals surface area contributed by atoms with Crippen molar-refractivity contribution in [3.63, 3.8) is 0 Å². The van der Waals surface area contributed by atoms with Gasteiger partial charge in [-0.1, -0.05) is 6.07 Å². The molecule has 0 atom stereocenters. The van der Waals surface area contributed by atoms with E-state index in [1.165, 1.54) is 17.4 Å². The Kier molecular flexibility index (Phi) is 7.28. The van der Waals surface area contributed by atoms with Crippen molar-refractivity contribution in [1.29, 1.82) is 0 Å². The molecule has 1 heterocycles. The van der Waals surface area contributed by atoms with Crippen molar-refractivity contribution in [3.05, 3.63) is 52.0 Å². The lowest BCUT2D eigenvalue weighted by molar-refractivity contribution is -0.147. The van der Waals surface area contributed by atoms with Gasteiger partial charge in [0, 0.05) is 29.6 Å². The van der Waals surface area contributed by atoms with Crippen LogP contribution in [0.5, 0.6) is 0 Å². The third-order valence-electron chi connectivity index (χ3n) is 3.45. The smallest absolute Gasteiger partial charge is 0.306 e. The van der Waals surface area contributed by atoms with Gasteiger partial charge in [0.15, 0.2) is 6.61 Å². The average Bonchev–Trinajstić information content (AvgIpc) is 3.15. The molecule has 0 unspecified atom stereocenters. The molecule has 0 saturated heterocycles. The van der Waals surface area contributed by atoms with Crippen molar-refractivity contribution in [2.45, 2.75) is 19.8 Å². The molecule has 8 heteroatoms. The second-order valence-electron chi connectivity index (χ2n) is 5.54. The lowest BCUT2D eigenvalue weighted by atomic mass is 10.2. The van der Waals surface area contributed by atoms with Crippen LogP contribution in [0.3, 0.4) is 0 Å². The number of anilines is 1. The van der Waals surface area contributed by atoms with Crippen molar-refractivity contribution in [3.8, 4) is 0 Å². The second-order valence-corrected chi connectivity index (χ2v) is 6.32. The summed E-state index contributed by atoms with van der Waals surface area (Å²) in [4.78, 5) is 35.0. The minimum absolute atomic E-state index is 0.0797. The van der Waals surface area contributed by atoms with Crippen LogP contribution in [0.4, 0.5) is 10.1 Å². The molecule has 0 spiro atoms. The minimum Gasteiger partial charge on any atom is -0.456 e. The first-order valence-electron chi connectivity index (χ1n) is 7.97. The largest absolute Gasteiger partial charge is 0.456 e. The normalized spacial score (nSPS) is 10.2. The van der Waals surface area contributed by atoms with Crippen molar-refractivity contribution >= 4 is 34.8 Å². The number of aryl methyl sites for hydroxylation is 1. The van der Waals surface area contributed by atoms with Crippen molar-refractivity contribution in [2.75, 3.05) is 18.5 Å². The topological polar surface area (TPSA) is 84.5 Å². The van der Waals surface area contributed by atoms with Crippen LogP contribution < -0.4 is 10.6 Å². The standard InChI is InChI=1S/C18H19FN2O4S/c1-12-4-5-14(9-15(12)19)21-16(22)10-25-17(23)3-2-7-20-18(24)13-6-8-26-11-13/h4-6,8-9,11H,2-3,7,10H2,1H3,(H,20,24)(H,21,22). The highest BCUT2D eigenvalue weighted by Crippen LogP contribution is 2.13. The molecule has 2 amide bonds. The molecule has 138 valence electrons. The Labute approximate surface area is 154 Å². The fraction of sp³-hybridized carbons (Fsp3) is 0.278. The Hall–Kier alpha value is -2.74. The number of hydrogen-bond acceptors (Lipinski definition) is 5. The van der Waals surface area contributed by atoms with Crippen LogP contribution in [0, 0.1) is 12.7 Å². The summed E-state index contributed by atoms with van der Waals surface area (Å²) in [7, 11) is 0. The lowest BCUT2D eigenvalue weighted by Gasteiger charge is -2.08. The van der Waals surface area contributed by atoms with E-state index in [9.17, 15) is 18.8 Å². The number of esters is 1. The van der Waals surface area contributed by atoms with Crippen LogP contribution in [0.1, 0.15) is 28.8 Å². The summed E-state index contributed by atoms with van der Waals surface area (Å²) in [5.41, 5.74) is 1.35. The fourth-order valence-corrected chi connectivity index (χ4v) is 2.65. The summed E-state index contributed by atoms with van der Waals surface area (Å²) in [5, 5.41) is 8.69. The number of ether oxygens (including phenoxy) is 1. The molecule has 0 aliphatic rings. The molecule has 0 bridgehead atoms. The third kappa shape index (κ3) is 6.29. The van der Waals surface area contributed by atoms with Crippen LogP contribution in [-0.2, 0) is 14.3 Å². The maximum Gasteiger partial charge on any atom is 0.306 e. The number of hydrogen-bond donors (Lipinski definition) is 2. The Morgan fingerprint density at radius 1 is 1.23 bits per heavy atom. The SMILES string of the molecule is Cc1ccc(NC(=O)COC(=O)CCCNC(=O)c2ccsc2)cc1F. The summed E-state index contributed by atoms with van der Waals surface area (Å²) in [6.07, 6.45) is 0.482. The second kappa shape index (κ2) is 9.67. The first-order valence-corrected chi connectivity index (χ1v) is 8.92. The van der Waals surface area contributed by atoms with Gasteiger partial charge >= 0.3 is 5.97 Å². The molecule has 2 rings (SSSR count). The Balaban J connectivity index is 1.61. The molecule has 0 fully saturated rings. The fourth-order valence-electron chi connectivity index (χ4n) is 2.02. The number of carbonyl (C=O) groups excluding carboxylic acids is 3. The predicted molar refractivity (Wildman–Crippen MR) is 96.6 cm³/mol. The first-order chi connectivity index (χ1) is 12.5. The Morgan fingerprint density at radius 3 is 2.73 bits per heavy atom. The summed E-state index contributed by atoms with van der Waals surface area (Å²) in [6, 6.07) is 6.02. The summed E-state index contributed by atoms with van der Waals surface area (Å²) in [6.45, 7) is 1.50. The van der Waals surface area contributed by atoms with E-state index >= 15 is 0 Å². The highest BCUT2D eigenvalue weighted by atomic mass is 32.1. The molecule has 0 aliphatic carbocycles. The maximum absolute atomic E-state index is 13.4. The molecule has 2 aromatic rings. The van der Waals surface area contributed by atoms with Crippen LogP contribution in [0.2, 0.25) is 0 Å². The molecule has 6 nitrogen and oxygen atoms in total. The average molecular weight is 378 g/mol. The van der Waals surface area contributed by atoms with Crippen LogP contribution in [-0.4, -0.2) is 30.9 Å². The number of rotatable bonds is 8. The first kappa shape index (κ1) is 19.6. The molecule has 0 saturated carbocycles. The number of benzene rings is 1. The quantitative estimate of drug-likeness (QED) is 0.546. The van der Waals surface area contributed by atoms with Crippen LogP contribution >= 0.6 is 11.3 Å². The molecule has 2 N–H and O–H groups in total. The number of nitrogens with one attached hydrogen (secondary N) is 2. The van der Waals surface area contributed by atoms with Gasteiger partial charge in [0.1, 0.15) is 5.82 Å². The van der Waals surface area contributed by atoms with E-state index in [0.29, 0.717) is 29.8 Å². The van der Waals surface area contributed by atoms with Gasteiger partial charge in [-0.15, -0.1) is 0 Å². The van der Waals surface area contributed by atoms with E-state index in [1.807, 2.05) is 5.38 Å². The maximum atomic E-state index is 13.4. The molecule has 0 aliphatic heterocycles. The minimum atomic E-state index is -0.549. The number of thiophene rings is 1. The van der Waals surface area contributed by atoms with Crippen LogP contribution in [0.25, 0.3) is 0 Å². The van der Waals surface area contributed by atoms with Gasteiger partial charge in [0.25, 0.3) is 11.8 Å². The highest BCUT2D eigenvalue weighted by Gasteiger charge is 2.10. The van der Waals surface area contributed by atoms with E-state index in [0.717, 1.165) is 0 Å². The van der Waals surface area contributed by atoms with Gasteiger partial charge in [-0.2, -0.15) is 11.3 Å². The number of halogens is 1. The van der Waals surface area contributed by atoms with Crippen molar-refractivity contribution in [2.24, 2.45) is 0 Å². The number of amides is 2. The van der Waals surface area contributed by atoms with Gasteiger partial charge in [-0.05, 0) is 42.5 Å². The van der Waals surface area contributed by atoms with E-state index in [2.05, 4.69) is 10.6 Å².